The third-order valence-corrected chi connectivity index (χ3v) is 5.67. The number of benzene rings is 1. The third kappa shape index (κ3) is 4.64. The molecule has 6 nitrogen and oxygen atoms in total. The molecule has 1 aromatic carbocycles. The van der Waals surface area contributed by atoms with Crippen LogP contribution >= 0.6 is 0 Å². The molecule has 3 heterocycles. The monoisotopic (exact) mass is 401 g/mol. The molecule has 4 rings (SSSR count). The van der Waals surface area contributed by atoms with Gasteiger partial charge in [0.15, 0.2) is 0 Å². The second-order valence-corrected chi connectivity index (χ2v) is 8.04. The number of aryl methyl sites for hydroxylation is 1. The zero-order valence-electron chi connectivity index (χ0n) is 17.5. The molecule has 1 N–H and O–H groups in total. The summed E-state index contributed by atoms with van der Waals surface area (Å²) < 4.78 is 0. The molecular formula is C24H27N5O. The number of carbonyl (C=O) groups is 1. The molecule has 2 aromatic heterocycles. The Bertz CT molecular complexity index is 965. The van der Waals surface area contributed by atoms with E-state index in [1.165, 1.54) is 5.56 Å². The fourth-order valence-electron chi connectivity index (χ4n) is 3.69. The Hall–Kier alpha value is -3.28. The van der Waals surface area contributed by atoms with Crippen LogP contribution < -0.4 is 10.2 Å². The highest BCUT2D eigenvalue weighted by molar-refractivity contribution is 5.94. The van der Waals surface area contributed by atoms with Gasteiger partial charge in [-0.25, -0.2) is 9.97 Å². The Morgan fingerprint density at radius 1 is 1.03 bits per heavy atom. The number of carbonyl (C=O) groups excluding carboxylic acids is 1. The summed E-state index contributed by atoms with van der Waals surface area (Å²) in [6.45, 7) is 6.24. The lowest BCUT2D eigenvalue weighted by atomic mass is 9.99. The van der Waals surface area contributed by atoms with Gasteiger partial charge in [-0.1, -0.05) is 42.8 Å². The average molecular weight is 402 g/mol. The highest BCUT2D eigenvalue weighted by atomic mass is 16.1. The van der Waals surface area contributed by atoms with Gasteiger partial charge in [0.05, 0.1) is 11.6 Å². The molecule has 1 aliphatic rings. The first-order valence-electron chi connectivity index (χ1n) is 10.4. The van der Waals surface area contributed by atoms with Crippen molar-refractivity contribution in [1.29, 1.82) is 0 Å². The minimum atomic E-state index is -0.296. The summed E-state index contributed by atoms with van der Waals surface area (Å²) in [4.78, 5) is 28.3. The molecule has 0 radical (unpaired) electrons. The molecule has 1 aliphatic heterocycles. The van der Waals surface area contributed by atoms with Gasteiger partial charge >= 0.3 is 0 Å². The summed E-state index contributed by atoms with van der Waals surface area (Å²) in [6.07, 6.45) is 9.04. The Kier molecular flexibility index (Phi) is 6.02. The number of rotatable bonds is 5. The number of pyridine rings is 1. The normalized spacial score (nSPS) is 15.6. The molecule has 0 saturated carbocycles. The molecule has 0 bridgehead atoms. The maximum atomic E-state index is 13.0. The van der Waals surface area contributed by atoms with Crippen LogP contribution in [0.15, 0.2) is 61.2 Å². The Labute approximate surface area is 177 Å². The number of hydrogen-bond acceptors (Lipinski definition) is 5. The molecule has 154 valence electrons. The number of amides is 1. The minimum Gasteiger partial charge on any atom is -0.341 e. The molecule has 6 heteroatoms. The minimum absolute atomic E-state index is 0.205. The molecule has 1 amide bonds. The van der Waals surface area contributed by atoms with E-state index in [1.54, 1.807) is 24.8 Å². The van der Waals surface area contributed by atoms with Crippen molar-refractivity contribution < 1.29 is 4.79 Å². The molecule has 0 aliphatic carbocycles. The van der Waals surface area contributed by atoms with E-state index in [9.17, 15) is 4.79 Å². The topological polar surface area (TPSA) is 71.0 Å². The highest BCUT2D eigenvalue weighted by Crippen LogP contribution is 2.23. The van der Waals surface area contributed by atoms with Crippen molar-refractivity contribution in [1.82, 2.24) is 20.3 Å². The fourth-order valence-corrected chi connectivity index (χ4v) is 3.69. The van der Waals surface area contributed by atoms with Gasteiger partial charge in [0.1, 0.15) is 0 Å². The van der Waals surface area contributed by atoms with E-state index in [0.717, 1.165) is 43.0 Å². The number of nitrogens with one attached hydrogen (secondary N) is 1. The largest absolute Gasteiger partial charge is 0.341 e. The summed E-state index contributed by atoms with van der Waals surface area (Å²) in [7, 11) is 0. The first-order chi connectivity index (χ1) is 14.6. The van der Waals surface area contributed by atoms with Gasteiger partial charge in [-0.3, -0.25) is 9.78 Å². The Morgan fingerprint density at radius 2 is 1.73 bits per heavy atom. The molecule has 1 atom stereocenters. The second-order valence-electron chi connectivity index (χ2n) is 8.04. The Balaban J connectivity index is 1.51. The van der Waals surface area contributed by atoms with Gasteiger partial charge in [-0.15, -0.1) is 0 Å². The van der Waals surface area contributed by atoms with Gasteiger partial charge in [-0.05, 0) is 42.9 Å². The molecular weight excluding hydrogens is 374 g/mol. The van der Waals surface area contributed by atoms with E-state index >= 15 is 0 Å². The summed E-state index contributed by atoms with van der Waals surface area (Å²) >= 11 is 0. The van der Waals surface area contributed by atoms with Crippen molar-refractivity contribution in [2.24, 2.45) is 5.92 Å². The first-order valence-corrected chi connectivity index (χ1v) is 10.4. The molecule has 0 spiro atoms. The van der Waals surface area contributed by atoms with Gasteiger partial charge in [0.2, 0.25) is 5.95 Å². The number of piperidine rings is 1. The summed E-state index contributed by atoms with van der Waals surface area (Å²) in [5, 5.41) is 3.12. The SMILES string of the molecule is Cc1ccc([C@@H](NC(=O)c2cnc(N3CCC(C)CC3)nc2)c2cccnc2)cc1. The van der Waals surface area contributed by atoms with Crippen molar-refractivity contribution in [3.05, 3.63) is 83.4 Å². The standard InChI is InChI=1S/C24H27N5O/c1-17-5-7-19(8-6-17)22(20-4-3-11-25-14-20)28-23(30)21-15-26-24(27-16-21)29-12-9-18(2)10-13-29/h3-8,11,14-16,18,22H,9-10,12-13H2,1-2H3,(H,28,30)/t22-/m1/s1. The van der Waals surface area contributed by atoms with Crippen LogP contribution in [0.3, 0.4) is 0 Å². The number of aromatic nitrogens is 3. The highest BCUT2D eigenvalue weighted by Gasteiger charge is 2.21. The zero-order chi connectivity index (χ0) is 20.9. The molecule has 1 saturated heterocycles. The van der Waals surface area contributed by atoms with Crippen LogP contribution in [-0.4, -0.2) is 33.9 Å². The quantitative estimate of drug-likeness (QED) is 0.701. The molecule has 1 fully saturated rings. The number of nitrogens with zero attached hydrogens (tertiary/aromatic N) is 4. The first kappa shape index (κ1) is 20.0. The predicted molar refractivity (Wildman–Crippen MR) is 117 cm³/mol. The third-order valence-electron chi connectivity index (χ3n) is 5.67. The molecule has 0 unspecified atom stereocenters. The van der Waals surface area contributed by atoms with Crippen LogP contribution in [0, 0.1) is 12.8 Å². The maximum absolute atomic E-state index is 13.0. The predicted octanol–water partition coefficient (Wildman–Crippen LogP) is 3.94. The van der Waals surface area contributed by atoms with Crippen LogP contribution in [0.4, 0.5) is 5.95 Å². The van der Waals surface area contributed by atoms with Crippen LogP contribution in [-0.2, 0) is 0 Å². The van der Waals surface area contributed by atoms with Crippen molar-refractivity contribution in [3.8, 4) is 0 Å². The Morgan fingerprint density at radius 3 is 2.37 bits per heavy atom. The van der Waals surface area contributed by atoms with Crippen molar-refractivity contribution >= 4 is 11.9 Å². The van der Waals surface area contributed by atoms with Crippen LogP contribution in [0.5, 0.6) is 0 Å². The van der Waals surface area contributed by atoms with E-state index in [4.69, 9.17) is 0 Å². The van der Waals surface area contributed by atoms with Gasteiger partial charge in [0.25, 0.3) is 5.91 Å². The van der Waals surface area contributed by atoms with Crippen molar-refractivity contribution in [2.45, 2.75) is 32.7 Å². The fraction of sp³-hybridized carbons (Fsp3) is 0.333. The van der Waals surface area contributed by atoms with Crippen LogP contribution in [0.1, 0.15) is 52.9 Å². The maximum Gasteiger partial charge on any atom is 0.255 e. The number of hydrogen-bond donors (Lipinski definition) is 1. The van der Waals surface area contributed by atoms with Crippen molar-refractivity contribution in [3.63, 3.8) is 0 Å². The molecule has 30 heavy (non-hydrogen) atoms. The van der Waals surface area contributed by atoms with E-state index in [2.05, 4.69) is 32.1 Å². The lowest BCUT2D eigenvalue weighted by Gasteiger charge is -2.30. The van der Waals surface area contributed by atoms with Crippen LogP contribution in [0.2, 0.25) is 0 Å². The van der Waals surface area contributed by atoms with Crippen molar-refractivity contribution in [2.75, 3.05) is 18.0 Å². The van der Waals surface area contributed by atoms with E-state index in [0.29, 0.717) is 11.5 Å². The van der Waals surface area contributed by atoms with E-state index in [1.807, 2.05) is 43.3 Å². The summed E-state index contributed by atoms with van der Waals surface area (Å²) in [6, 6.07) is 11.7. The zero-order valence-corrected chi connectivity index (χ0v) is 17.5. The number of anilines is 1. The van der Waals surface area contributed by atoms with E-state index < -0.39 is 0 Å². The van der Waals surface area contributed by atoms with Gasteiger partial charge < -0.3 is 10.2 Å². The van der Waals surface area contributed by atoms with Gasteiger partial charge in [-0.2, -0.15) is 0 Å². The van der Waals surface area contributed by atoms with E-state index in [-0.39, 0.29) is 11.9 Å². The lowest BCUT2D eigenvalue weighted by molar-refractivity contribution is 0.0942. The van der Waals surface area contributed by atoms with Crippen LogP contribution in [0.25, 0.3) is 0 Å². The molecule has 3 aromatic rings. The summed E-state index contributed by atoms with van der Waals surface area (Å²) in [5.74, 6) is 1.24. The summed E-state index contributed by atoms with van der Waals surface area (Å²) in [5.41, 5.74) is 3.55. The second kappa shape index (κ2) is 9.03. The average Bonchev–Trinajstić information content (AvgIpc) is 2.79. The van der Waals surface area contributed by atoms with Gasteiger partial charge in [0, 0.05) is 37.9 Å². The lowest BCUT2D eigenvalue weighted by Crippen LogP contribution is -2.34. The smallest absolute Gasteiger partial charge is 0.255 e.